The maximum atomic E-state index is 11.3. The fraction of sp³-hybridized carbons (Fsp3) is 0.583. The zero-order chi connectivity index (χ0) is 12.3. The first-order valence-electron chi connectivity index (χ1n) is 5.83. The molecule has 0 atom stereocenters. The Balaban J connectivity index is 1.92. The van der Waals surface area contributed by atoms with Crippen molar-refractivity contribution in [2.24, 2.45) is 0 Å². The SMILES string of the molecule is CCCNCCOCCOC(=O)c1ccco1. The lowest BCUT2D eigenvalue weighted by atomic mass is 10.5. The lowest BCUT2D eigenvalue weighted by Gasteiger charge is -2.05. The van der Waals surface area contributed by atoms with E-state index in [1.165, 1.54) is 6.26 Å². The van der Waals surface area contributed by atoms with Crippen LogP contribution < -0.4 is 5.32 Å². The first kappa shape index (κ1) is 13.7. The molecular formula is C12H19NO4. The van der Waals surface area contributed by atoms with Gasteiger partial charge in [0.2, 0.25) is 5.76 Å². The van der Waals surface area contributed by atoms with Crippen molar-refractivity contribution in [1.82, 2.24) is 5.32 Å². The second-order valence-corrected chi connectivity index (χ2v) is 3.48. The molecule has 1 rings (SSSR count). The molecule has 1 aromatic rings. The molecule has 5 heteroatoms. The van der Waals surface area contributed by atoms with Gasteiger partial charge in [-0.2, -0.15) is 0 Å². The fourth-order valence-electron chi connectivity index (χ4n) is 1.21. The van der Waals surface area contributed by atoms with Crippen molar-refractivity contribution in [3.63, 3.8) is 0 Å². The molecule has 1 heterocycles. The van der Waals surface area contributed by atoms with Crippen LogP contribution in [0.1, 0.15) is 23.9 Å². The molecule has 0 aromatic carbocycles. The summed E-state index contributed by atoms with van der Waals surface area (Å²) < 4.78 is 15.1. The molecule has 0 radical (unpaired) electrons. The normalized spacial score (nSPS) is 10.4. The topological polar surface area (TPSA) is 60.7 Å². The Labute approximate surface area is 101 Å². The summed E-state index contributed by atoms with van der Waals surface area (Å²) in [5.74, 6) is -0.239. The Bertz CT molecular complexity index is 297. The molecule has 0 fully saturated rings. The van der Waals surface area contributed by atoms with Gasteiger partial charge in [-0.25, -0.2) is 4.79 Å². The summed E-state index contributed by atoms with van der Waals surface area (Å²) in [6.45, 7) is 5.20. The van der Waals surface area contributed by atoms with E-state index in [0.717, 1.165) is 19.5 Å². The Morgan fingerprint density at radius 1 is 1.35 bits per heavy atom. The lowest BCUT2D eigenvalue weighted by Crippen LogP contribution is -2.21. The highest BCUT2D eigenvalue weighted by atomic mass is 16.6. The van der Waals surface area contributed by atoms with Gasteiger partial charge in [0, 0.05) is 6.54 Å². The van der Waals surface area contributed by atoms with Crippen LogP contribution in [0.25, 0.3) is 0 Å². The number of rotatable bonds is 9. The monoisotopic (exact) mass is 241 g/mol. The van der Waals surface area contributed by atoms with Crippen molar-refractivity contribution in [3.8, 4) is 0 Å². The number of ether oxygens (including phenoxy) is 2. The number of carbonyl (C=O) groups excluding carboxylic acids is 1. The molecule has 0 unspecified atom stereocenters. The average molecular weight is 241 g/mol. The van der Waals surface area contributed by atoms with Crippen LogP contribution in [-0.4, -0.2) is 38.9 Å². The summed E-state index contributed by atoms with van der Waals surface area (Å²) in [6, 6.07) is 3.21. The maximum absolute atomic E-state index is 11.3. The largest absolute Gasteiger partial charge is 0.457 e. The van der Waals surface area contributed by atoms with Gasteiger partial charge in [0.25, 0.3) is 0 Å². The zero-order valence-electron chi connectivity index (χ0n) is 10.1. The summed E-state index contributed by atoms with van der Waals surface area (Å²) >= 11 is 0. The quantitative estimate of drug-likeness (QED) is 0.524. The van der Waals surface area contributed by atoms with Crippen molar-refractivity contribution in [1.29, 1.82) is 0 Å². The molecule has 0 aliphatic rings. The molecule has 0 aliphatic heterocycles. The van der Waals surface area contributed by atoms with E-state index >= 15 is 0 Å². The molecular weight excluding hydrogens is 222 g/mol. The van der Waals surface area contributed by atoms with Gasteiger partial charge in [0.05, 0.1) is 19.5 Å². The van der Waals surface area contributed by atoms with Crippen LogP contribution in [0.2, 0.25) is 0 Å². The highest BCUT2D eigenvalue weighted by molar-refractivity contribution is 5.86. The Hall–Kier alpha value is -1.33. The summed E-state index contributed by atoms with van der Waals surface area (Å²) in [5, 5.41) is 3.21. The molecule has 0 aliphatic carbocycles. The number of hydrogen-bond donors (Lipinski definition) is 1. The number of carbonyl (C=O) groups is 1. The smallest absolute Gasteiger partial charge is 0.374 e. The minimum absolute atomic E-state index is 0.217. The fourth-order valence-corrected chi connectivity index (χ4v) is 1.21. The van der Waals surface area contributed by atoms with E-state index < -0.39 is 5.97 Å². The van der Waals surface area contributed by atoms with Crippen LogP contribution in [0.3, 0.4) is 0 Å². The molecule has 1 aromatic heterocycles. The van der Waals surface area contributed by atoms with Crippen LogP contribution in [0.4, 0.5) is 0 Å². The zero-order valence-corrected chi connectivity index (χ0v) is 10.1. The van der Waals surface area contributed by atoms with Gasteiger partial charge >= 0.3 is 5.97 Å². The summed E-state index contributed by atoms with van der Waals surface area (Å²) in [4.78, 5) is 11.3. The number of nitrogens with one attached hydrogen (secondary N) is 1. The maximum Gasteiger partial charge on any atom is 0.374 e. The third-order valence-electron chi connectivity index (χ3n) is 2.03. The Morgan fingerprint density at radius 2 is 2.24 bits per heavy atom. The molecule has 0 saturated carbocycles. The van der Waals surface area contributed by atoms with Crippen LogP contribution in [0, 0.1) is 0 Å². The second-order valence-electron chi connectivity index (χ2n) is 3.48. The number of esters is 1. The van der Waals surface area contributed by atoms with Gasteiger partial charge in [0.15, 0.2) is 0 Å². The van der Waals surface area contributed by atoms with Crippen molar-refractivity contribution in [3.05, 3.63) is 24.2 Å². The van der Waals surface area contributed by atoms with Gasteiger partial charge in [-0.15, -0.1) is 0 Å². The van der Waals surface area contributed by atoms with Crippen LogP contribution in [0.5, 0.6) is 0 Å². The molecule has 1 N–H and O–H groups in total. The van der Waals surface area contributed by atoms with Crippen LogP contribution in [-0.2, 0) is 9.47 Å². The van der Waals surface area contributed by atoms with Gasteiger partial charge in [-0.1, -0.05) is 6.92 Å². The highest BCUT2D eigenvalue weighted by Crippen LogP contribution is 2.01. The van der Waals surface area contributed by atoms with Crippen molar-refractivity contribution in [2.75, 3.05) is 32.9 Å². The molecule has 17 heavy (non-hydrogen) atoms. The van der Waals surface area contributed by atoms with Crippen LogP contribution in [0.15, 0.2) is 22.8 Å². The molecule has 0 saturated heterocycles. The van der Waals surface area contributed by atoms with E-state index in [1.54, 1.807) is 12.1 Å². The summed E-state index contributed by atoms with van der Waals surface area (Å²) in [5.41, 5.74) is 0. The first-order valence-corrected chi connectivity index (χ1v) is 5.83. The van der Waals surface area contributed by atoms with Crippen LogP contribution >= 0.6 is 0 Å². The first-order chi connectivity index (χ1) is 8.34. The molecule has 5 nitrogen and oxygen atoms in total. The van der Waals surface area contributed by atoms with E-state index in [-0.39, 0.29) is 12.4 Å². The van der Waals surface area contributed by atoms with Gasteiger partial charge < -0.3 is 19.2 Å². The molecule has 0 amide bonds. The number of hydrogen-bond acceptors (Lipinski definition) is 5. The van der Waals surface area contributed by atoms with E-state index in [1.807, 2.05) is 0 Å². The highest BCUT2D eigenvalue weighted by Gasteiger charge is 2.08. The second kappa shape index (κ2) is 8.78. The van der Waals surface area contributed by atoms with Crippen molar-refractivity contribution in [2.45, 2.75) is 13.3 Å². The minimum Gasteiger partial charge on any atom is -0.457 e. The van der Waals surface area contributed by atoms with E-state index in [9.17, 15) is 4.79 Å². The van der Waals surface area contributed by atoms with E-state index in [4.69, 9.17) is 13.9 Å². The number of furan rings is 1. The third kappa shape index (κ3) is 6.09. The van der Waals surface area contributed by atoms with Gasteiger partial charge in [0.1, 0.15) is 6.61 Å². The van der Waals surface area contributed by atoms with Crippen molar-refractivity contribution < 1.29 is 18.7 Å². The Kier molecular flexibility index (Phi) is 7.09. The third-order valence-corrected chi connectivity index (χ3v) is 2.03. The summed E-state index contributed by atoms with van der Waals surface area (Å²) in [6.07, 6.45) is 2.55. The predicted octanol–water partition coefficient (Wildman–Crippen LogP) is 1.45. The Morgan fingerprint density at radius 3 is 2.94 bits per heavy atom. The molecule has 0 bridgehead atoms. The van der Waals surface area contributed by atoms with Gasteiger partial charge in [-0.3, -0.25) is 0 Å². The molecule has 0 spiro atoms. The van der Waals surface area contributed by atoms with Gasteiger partial charge in [-0.05, 0) is 25.1 Å². The minimum atomic E-state index is -0.456. The molecule has 96 valence electrons. The standard InChI is InChI=1S/C12H19NO4/c1-2-5-13-6-8-15-9-10-17-12(14)11-4-3-7-16-11/h3-4,7,13H,2,5-6,8-10H2,1H3. The summed E-state index contributed by atoms with van der Waals surface area (Å²) in [7, 11) is 0. The lowest BCUT2D eigenvalue weighted by molar-refractivity contribution is 0.0292. The van der Waals surface area contributed by atoms with Crippen molar-refractivity contribution >= 4 is 5.97 Å². The average Bonchev–Trinajstić information content (AvgIpc) is 2.86. The predicted molar refractivity (Wildman–Crippen MR) is 63.0 cm³/mol. The van der Waals surface area contributed by atoms with E-state index in [0.29, 0.717) is 13.2 Å². The van der Waals surface area contributed by atoms with E-state index in [2.05, 4.69) is 12.2 Å².